The van der Waals surface area contributed by atoms with Crippen LogP contribution < -0.4 is 5.32 Å². The van der Waals surface area contributed by atoms with Crippen molar-refractivity contribution in [2.24, 2.45) is 0 Å². The van der Waals surface area contributed by atoms with Crippen molar-refractivity contribution in [3.8, 4) is 0 Å². The molecular formula is C27H58BN3O6. The van der Waals surface area contributed by atoms with Crippen LogP contribution in [0.4, 0.5) is 9.59 Å². The minimum atomic E-state index is -1.06. The highest BCUT2D eigenvalue weighted by Crippen LogP contribution is 2.11. The normalized spacial score (nSPS) is 16.0. The zero-order valence-electron chi connectivity index (χ0n) is 25.7. The summed E-state index contributed by atoms with van der Waals surface area (Å²) in [6.07, 6.45) is 5.94. The van der Waals surface area contributed by atoms with Crippen molar-refractivity contribution in [1.29, 1.82) is 0 Å². The van der Waals surface area contributed by atoms with E-state index in [0.717, 1.165) is 13.1 Å². The van der Waals surface area contributed by atoms with Gasteiger partial charge in [0.2, 0.25) is 0 Å². The van der Waals surface area contributed by atoms with Gasteiger partial charge in [0.1, 0.15) is 11.2 Å². The Kier molecular flexibility index (Phi) is 22.0. The molecule has 10 heteroatoms. The third kappa shape index (κ3) is 27.5. The Morgan fingerprint density at radius 3 is 1.35 bits per heavy atom. The van der Waals surface area contributed by atoms with Crippen LogP contribution in [0.3, 0.4) is 0 Å². The van der Waals surface area contributed by atoms with Crippen LogP contribution in [0, 0.1) is 0 Å². The molecule has 37 heavy (non-hydrogen) atoms. The summed E-state index contributed by atoms with van der Waals surface area (Å²) in [6, 6.07) is 0. The Hall–Kier alpha value is -1.36. The summed E-state index contributed by atoms with van der Waals surface area (Å²) < 4.78 is 13.8. The van der Waals surface area contributed by atoms with Gasteiger partial charge in [-0.2, -0.15) is 0 Å². The van der Waals surface area contributed by atoms with Crippen molar-refractivity contribution in [1.82, 2.24) is 15.0 Å². The minimum absolute atomic E-state index is 0.231. The average Bonchev–Trinajstić information content (AvgIpc) is 2.80. The number of carbonyl (C=O) groups is 2. The summed E-state index contributed by atoms with van der Waals surface area (Å²) in [7, 11) is -0.231. The Morgan fingerprint density at radius 2 is 1.16 bits per heavy atom. The fraction of sp³-hybridized carbons (Fsp3) is 0.926. The van der Waals surface area contributed by atoms with Gasteiger partial charge in [0.05, 0.1) is 0 Å². The Balaban J connectivity index is 0. The molecule has 0 amide bonds. The first kappa shape index (κ1) is 37.8. The zero-order valence-corrected chi connectivity index (χ0v) is 25.7. The number of nitrogens with one attached hydrogen (secondary N) is 1. The van der Waals surface area contributed by atoms with Gasteiger partial charge in [0.15, 0.2) is 0 Å². The highest BCUT2D eigenvalue weighted by molar-refractivity contribution is 6.45. The monoisotopic (exact) mass is 531 g/mol. The van der Waals surface area contributed by atoms with Gasteiger partial charge in [-0.05, 0) is 120 Å². The number of nitrogens with zero attached hydrogens (tertiary/aromatic N) is 2. The quantitative estimate of drug-likeness (QED) is 0.274. The van der Waals surface area contributed by atoms with Gasteiger partial charge >= 0.3 is 19.4 Å². The van der Waals surface area contributed by atoms with E-state index in [4.69, 9.17) is 14.5 Å². The standard InChI is InChI=1S/C10H18O5.C6H14BNO.C6H15N.C5H11N/c1-9(2,3)14-7(11)13-8(12)15-10(4,5)6;1-7(9)8-5-3-2-4-6-8;1-4-7(5-2)6-3;1-2-4-6-5-3-1/h1-6H3;9H,2-6H2,1H3;4-6H2,1-3H3;6H,1-5H2. The summed E-state index contributed by atoms with van der Waals surface area (Å²) >= 11 is 0. The molecular weight excluding hydrogens is 473 g/mol. The second-order valence-electron chi connectivity index (χ2n) is 11.2. The number of rotatable bonds is 4. The average molecular weight is 532 g/mol. The maximum atomic E-state index is 11.0. The first-order valence-electron chi connectivity index (χ1n) is 14.1. The first-order valence-corrected chi connectivity index (χ1v) is 14.1. The molecule has 0 aromatic heterocycles. The predicted octanol–water partition coefficient (Wildman–Crippen LogP) is 5.56. The van der Waals surface area contributed by atoms with E-state index in [1.807, 2.05) is 6.82 Å². The van der Waals surface area contributed by atoms with E-state index >= 15 is 0 Å². The number of piperidine rings is 2. The third-order valence-corrected chi connectivity index (χ3v) is 5.41. The molecule has 220 valence electrons. The Morgan fingerprint density at radius 1 is 0.784 bits per heavy atom. The van der Waals surface area contributed by atoms with Gasteiger partial charge in [0, 0.05) is 0 Å². The second kappa shape index (κ2) is 21.6. The molecule has 2 rings (SSSR count). The number of hydrogen-bond acceptors (Lipinski definition) is 9. The lowest BCUT2D eigenvalue weighted by atomic mass is 9.83. The molecule has 9 nitrogen and oxygen atoms in total. The molecule has 0 spiro atoms. The second-order valence-corrected chi connectivity index (χ2v) is 11.2. The Labute approximate surface area is 228 Å². The third-order valence-electron chi connectivity index (χ3n) is 5.41. The highest BCUT2D eigenvalue weighted by atomic mass is 16.8. The maximum Gasteiger partial charge on any atom is 0.519 e. The number of carbonyl (C=O) groups excluding carboxylic acids is 2. The summed E-state index contributed by atoms with van der Waals surface area (Å²) in [6.45, 7) is 26.6. The van der Waals surface area contributed by atoms with Crippen molar-refractivity contribution in [2.45, 2.75) is 119 Å². The maximum absolute atomic E-state index is 11.0. The Bertz CT molecular complexity index is 522. The van der Waals surface area contributed by atoms with E-state index in [0.29, 0.717) is 0 Å². The van der Waals surface area contributed by atoms with Crippen LogP contribution in [-0.2, 0) is 14.2 Å². The molecule has 0 radical (unpaired) electrons. The van der Waals surface area contributed by atoms with Crippen LogP contribution in [0.5, 0.6) is 0 Å². The van der Waals surface area contributed by atoms with E-state index < -0.39 is 23.5 Å². The zero-order chi connectivity index (χ0) is 28.9. The molecule has 2 aliphatic heterocycles. The number of hydrogen-bond donors (Lipinski definition) is 2. The molecule has 2 heterocycles. The smallest absolute Gasteiger partial charge is 0.437 e. The van der Waals surface area contributed by atoms with Crippen LogP contribution in [0.15, 0.2) is 0 Å². The summed E-state index contributed by atoms with van der Waals surface area (Å²) in [5.74, 6) is 0. The molecule has 2 fully saturated rings. The first-order chi connectivity index (χ1) is 17.1. The summed E-state index contributed by atoms with van der Waals surface area (Å²) in [5, 5.41) is 12.4. The molecule has 0 unspecified atom stereocenters. The van der Waals surface area contributed by atoms with Gasteiger partial charge in [-0.15, -0.1) is 0 Å². The number of ether oxygens (including phenoxy) is 3. The topological polar surface area (TPSA) is 101 Å². The molecule has 0 aromatic rings. The lowest BCUT2D eigenvalue weighted by molar-refractivity contribution is -0.0293. The van der Waals surface area contributed by atoms with Crippen molar-refractivity contribution in [3.63, 3.8) is 0 Å². The fourth-order valence-corrected chi connectivity index (χ4v) is 3.37. The molecule has 2 aliphatic rings. The minimum Gasteiger partial charge on any atom is -0.437 e. The van der Waals surface area contributed by atoms with E-state index in [-0.39, 0.29) is 7.05 Å². The van der Waals surface area contributed by atoms with Gasteiger partial charge in [-0.25, -0.2) is 9.59 Å². The van der Waals surface area contributed by atoms with E-state index in [1.54, 1.807) is 41.5 Å². The van der Waals surface area contributed by atoms with Crippen LogP contribution >= 0.6 is 0 Å². The molecule has 0 saturated carbocycles. The molecule has 0 aliphatic carbocycles. The van der Waals surface area contributed by atoms with Gasteiger partial charge in [0.25, 0.3) is 0 Å². The molecule has 0 atom stereocenters. The summed E-state index contributed by atoms with van der Waals surface area (Å²) in [5.41, 5.74) is -1.39. The largest absolute Gasteiger partial charge is 0.519 e. The lowest BCUT2D eigenvalue weighted by Crippen LogP contribution is -2.40. The van der Waals surface area contributed by atoms with Crippen molar-refractivity contribution in [3.05, 3.63) is 0 Å². The van der Waals surface area contributed by atoms with Gasteiger partial charge in [-0.3, -0.25) is 0 Å². The SMILES string of the molecule is C1CCNCC1.CB(O)N1CCCCC1.CC(C)(C)OC(=O)OC(=O)OC(C)(C)C.CCN(CC)CC. The van der Waals surface area contributed by atoms with Crippen LogP contribution in [0.1, 0.15) is 101 Å². The lowest BCUT2D eigenvalue weighted by Gasteiger charge is -2.26. The van der Waals surface area contributed by atoms with E-state index in [9.17, 15) is 9.59 Å². The van der Waals surface area contributed by atoms with E-state index in [2.05, 4.69) is 40.5 Å². The van der Waals surface area contributed by atoms with Crippen molar-refractivity contribution >= 4 is 19.4 Å². The van der Waals surface area contributed by atoms with E-state index in [1.165, 1.54) is 71.2 Å². The summed E-state index contributed by atoms with van der Waals surface area (Å²) in [4.78, 5) is 26.5. The van der Waals surface area contributed by atoms with Crippen LogP contribution in [-0.4, -0.2) is 91.1 Å². The highest BCUT2D eigenvalue weighted by Gasteiger charge is 2.24. The molecule has 0 bridgehead atoms. The molecule has 2 saturated heterocycles. The molecule has 0 aromatic carbocycles. The fourth-order valence-electron chi connectivity index (χ4n) is 3.37. The van der Waals surface area contributed by atoms with Gasteiger partial charge < -0.3 is 34.3 Å². The van der Waals surface area contributed by atoms with Gasteiger partial charge in [-0.1, -0.05) is 33.6 Å². The van der Waals surface area contributed by atoms with Crippen LogP contribution in [0.25, 0.3) is 0 Å². The predicted molar refractivity (Wildman–Crippen MR) is 153 cm³/mol. The van der Waals surface area contributed by atoms with Crippen molar-refractivity contribution < 1.29 is 28.8 Å². The van der Waals surface area contributed by atoms with Crippen molar-refractivity contribution in [2.75, 3.05) is 45.8 Å². The van der Waals surface area contributed by atoms with Crippen LogP contribution in [0.2, 0.25) is 6.82 Å². The molecule has 2 N–H and O–H groups in total.